The number of hydrogen-bond acceptors (Lipinski definition) is 4. The Balaban J connectivity index is 3.04. The van der Waals surface area contributed by atoms with Crippen LogP contribution in [0.2, 0.25) is 0 Å². The normalized spacial score (nSPS) is 13.4. The van der Waals surface area contributed by atoms with Crippen molar-refractivity contribution < 1.29 is 18.7 Å². The lowest BCUT2D eigenvalue weighted by Crippen LogP contribution is -2.08. The fraction of sp³-hybridized carbons (Fsp3) is 0.250. The van der Waals surface area contributed by atoms with Gasteiger partial charge in [0.15, 0.2) is 5.82 Å². The van der Waals surface area contributed by atoms with Gasteiger partial charge in [-0.25, -0.2) is 8.78 Å². The number of aromatic nitrogens is 1. The molecule has 0 aliphatic carbocycles. The zero-order chi connectivity index (χ0) is 10.6. The van der Waals surface area contributed by atoms with Gasteiger partial charge in [-0.05, 0) is 0 Å². The van der Waals surface area contributed by atoms with E-state index in [9.17, 15) is 8.78 Å². The van der Waals surface area contributed by atoms with E-state index in [1.165, 1.54) is 7.11 Å². The molecule has 0 spiro atoms. The molecule has 0 fully saturated rings. The lowest BCUT2D eigenvalue weighted by molar-refractivity contribution is 0.150. The van der Waals surface area contributed by atoms with Crippen LogP contribution in [-0.4, -0.2) is 23.5 Å². The summed E-state index contributed by atoms with van der Waals surface area (Å²) < 4.78 is 30.3. The number of oxime groups is 1. The van der Waals surface area contributed by atoms with Gasteiger partial charge in [0, 0.05) is 13.2 Å². The van der Waals surface area contributed by atoms with Crippen LogP contribution in [0.1, 0.15) is 11.8 Å². The molecule has 0 aliphatic heterocycles. The predicted octanol–water partition coefficient (Wildman–Crippen LogP) is 1.51. The van der Waals surface area contributed by atoms with Crippen LogP contribution in [-0.2, 0) is 4.74 Å². The molecule has 6 heteroatoms. The monoisotopic (exact) mass is 202 g/mol. The molecule has 0 saturated carbocycles. The van der Waals surface area contributed by atoms with E-state index < -0.39 is 17.7 Å². The largest absolute Gasteiger partial charge is 0.411 e. The molecule has 0 bridgehead atoms. The molecule has 0 aliphatic rings. The Labute approximate surface area is 78.8 Å². The first-order valence-electron chi connectivity index (χ1n) is 3.70. The van der Waals surface area contributed by atoms with Crippen molar-refractivity contribution in [3.05, 3.63) is 29.6 Å². The van der Waals surface area contributed by atoms with Crippen LogP contribution in [0.4, 0.5) is 8.78 Å². The number of ether oxygens (including phenoxy) is 1. The van der Waals surface area contributed by atoms with Crippen molar-refractivity contribution in [1.29, 1.82) is 0 Å². The van der Waals surface area contributed by atoms with E-state index in [-0.39, 0.29) is 5.69 Å². The van der Waals surface area contributed by atoms with Crippen molar-refractivity contribution in [3.8, 4) is 0 Å². The maximum absolute atomic E-state index is 13.1. The Morgan fingerprint density at radius 3 is 2.86 bits per heavy atom. The summed E-state index contributed by atoms with van der Waals surface area (Å²) in [6.07, 6.45) is 0.875. The molecule has 1 aromatic heterocycles. The van der Waals surface area contributed by atoms with Crippen LogP contribution < -0.4 is 0 Å². The third kappa shape index (κ3) is 2.23. The molecule has 1 N–H and O–H groups in total. The second-order valence-corrected chi connectivity index (χ2v) is 2.44. The molecule has 76 valence electrons. The van der Waals surface area contributed by atoms with Gasteiger partial charge in [-0.15, -0.1) is 0 Å². The van der Waals surface area contributed by atoms with Gasteiger partial charge in [-0.2, -0.15) is 0 Å². The zero-order valence-corrected chi connectivity index (χ0v) is 7.32. The highest BCUT2D eigenvalue weighted by atomic mass is 19.1. The van der Waals surface area contributed by atoms with E-state index in [4.69, 9.17) is 9.94 Å². The summed E-state index contributed by atoms with van der Waals surface area (Å²) in [4.78, 5) is 3.49. The van der Waals surface area contributed by atoms with Crippen molar-refractivity contribution in [3.63, 3.8) is 0 Å². The van der Waals surface area contributed by atoms with E-state index >= 15 is 0 Å². The van der Waals surface area contributed by atoms with E-state index in [1.54, 1.807) is 0 Å². The Bertz CT molecular complexity index is 344. The topological polar surface area (TPSA) is 54.7 Å². The van der Waals surface area contributed by atoms with E-state index in [0.29, 0.717) is 6.07 Å². The van der Waals surface area contributed by atoms with Gasteiger partial charge in [0.05, 0.1) is 12.4 Å². The lowest BCUT2D eigenvalue weighted by Gasteiger charge is -2.09. The van der Waals surface area contributed by atoms with Crippen LogP contribution in [0.15, 0.2) is 17.4 Å². The summed E-state index contributed by atoms with van der Waals surface area (Å²) in [7, 11) is 1.29. The van der Waals surface area contributed by atoms with Crippen molar-refractivity contribution in [2.45, 2.75) is 6.10 Å². The zero-order valence-electron chi connectivity index (χ0n) is 7.32. The summed E-state index contributed by atoms with van der Waals surface area (Å²) in [5.74, 6) is -1.63. The molecule has 0 saturated heterocycles. The number of halogens is 2. The molecule has 1 unspecified atom stereocenters. The van der Waals surface area contributed by atoms with Crippen LogP contribution in [0.5, 0.6) is 0 Å². The Morgan fingerprint density at radius 1 is 1.64 bits per heavy atom. The minimum atomic E-state index is -0.930. The highest BCUT2D eigenvalue weighted by Crippen LogP contribution is 2.16. The first-order valence-corrected chi connectivity index (χ1v) is 3.70. The van der Waals surface area contributed by atoms with Crippen LogP contribution in [0.25, 0.3) is 0 Å². The molecule has 0 radical (unpaired) electrons. The average Bonchev–Trinajstić information content (AvgIpc) is 2.15. The van der Waals surface area contributed by atoms with E-state index in [2.05, 4.69) is 10.1 Å². The number of nitrogens with zero attached hydrogens (tertiary/aromatic N) is 2. The highest BCUT2D eigenvalue weighted by molar-refractivity contribution is 5.64. The summed E-state index contributed by atoms with van der Waals surface area (Å²) >= 11 is 0. The third-order valence-corrected chi connectivity index (χ3v) is 1.56. The first-order chi connectivity index (χ1) is 6.69. The fourth-order valence-corrected chi connectivity index (χ4v) is 0.938. The Kier molecular flexibility index (Phi) is 3.47. The average molecular weight is 202 g/mol. The van der Waals surface area contributed by atoms with Crippen LogP contribution >= 0.6 is 0 Å². The minimum Gasteiger partial charge on any atom is -0.411 e. The highest BCUT2D eigenvalue weighted by Gasteiger charge is 2.15. The van der Waals surface area contributed by atoms with Crippen molar-refractivity contribution >= 4 is 6.21 Å². The molecular weight excluding hydrogens is 194 g/mol. The lowest BCUT2D eigenvalue weighted by atomic mass is 10.2. The molecule has 1 heterocycles. The second kappa shape index (κ2) is 4.61. The van der Waals surface area contributed by atoms with E-state index in [0.717, 1.165) is 12.4 Å². The second-order valence-electron chi connectivity index (χ2n) is 2.44. The Hall–Kier alpha value is -1.56. The maximum atomic E-state index is 13.1. The summed E-state index contributed by atoms with van der Waals surface area (Å²) in [5, 5.41) is 10.9. The number of methoxy groups -OCH3 is 1. The molecule has 0 amide bonds. The smallest absolute Gasteiger partial charge is 0.150 e. The first kappa shape index (κ1) is 10.5. The van der Waals surface area contributed by atoms with Gasteiger partial charge in [-0.1, -0.05) is 5.16 Å². The number of rotatable bonds is 3. The molecular formula is C8H8F2N2O2. The third-order valence-electron chi connectivity index (χ3n) is 1.56. The molecule has 0 aromatic carbocycles. The molecule has 4 nitrogen and oxygen atoms in total. The molecule has 14 heavy (non-hydrogen) atoms. The maximum Gasteiger partial charge on any atom is 0.150 e. The van der Waals surface area contributed by atoms with E-state index in [1.807, 2.05) is 0 Å². The molecule has 1 rings (SSSR count). The molecule has 1 atom stereocenters. The van der Waals surface area contributed by atoms with Gasteiger partial charge in [0.2, 0.25) is 0 Å². The summed E-state index contributed by atoms with van der Waals surface area (Å²) in [5.41, 5.74) is -0.133. The number of hydrogen-bond donors (Lipinski definition) is 1. The van der Waals surface area contributed by atoms with Crippen molar-refractivity contribution in [2.75, 3.05) is 7.11 Å². The van der Waals surface area contributed by atoms with Crippen molar-refractivity contribution in [2.24, 2.45) is 5.16 Å². The fourth-order valence-electron chi connectivity index (χ4n) is 0.938. The van der Waals surface area contributed by atoms with Crippen LogP contribution in [0.3, 0.4) is 0 Å². The standard InChI is InChI=1S/C8H8F2N2O2/c1-14-7(4-12-13)8-6(10)2-5(9)3-11-8/h2-4,7,13H,1H3. The van der Waals surface area contributed by atoms with Gasteiger partial charge >= 0.3 is 0 Å². The number of pyridine rings is 1. The van der Waals surface area contributed by atoms with Crippen molar-refractivity contribution in [1.82, 2.24) is 4.98 Å². The van der Waals surface area contributed by atoms with Gasteiger partial charge < -0.3 is 9.94 Å². The van der Waals surface area contributed by atoms with Crippen LogP contribution in [0, 0.1) is 11.6 Å². The quantitative estimate of drug-likeness (QED) is 0.459. The summed E-state index contributed by atoms with van der Waals surface area (Å²) in [6, 6.07) is 0.680. The predicted molar refractivity (Wildman–Crippen MR) is 44.2 cm³/mol. The Morgan fingerprint density at radius 2 is 2.36 bits per heavy atom. The van der Waals surface area contributed by atoms with Gasteiger partial charge in [0.1, 0.15) is 17.6 Å². The minimum absolute atomic E-state index is 0.133. The SMILES string of the molecule is COC(C=NO)c1ncc(F)cc1F. The van der Waals surface area contributed by atoms with Gasteiger partial charge in [0.25, 0.3) is 0 Å². The van der Waals surface area contributed by atoms with Gasteiger partial charge in [-0.3, -0.25) is 4.98 Å². The molecule has 1 aromatic rings. The summed E-state index contributed by atoms with van der Waals surface area (Å²) in [6.45, 7) is 0.